The Bertz CT molecular complexity index is 804. The van der Waals surface area contributed by atoms with Crippen LogP contribution in [0.2, 0.25) is 5.02 Å². The van der Waals surface area contributed by atoms with Gasteiger partial charge in [0.15, 0.2) is 0 Å². The van der Waals surface area contributed by atoms with E-state index in [1.807, 2.05) is 13.0 Å². The Labute approximate surface area is 140 Å². The van der Waals surface area contributed by atoms with E-state index in [9.17, 15) is 8.42 Å². The van der Waals surface area contributed by atoms with Crippen LogP contribution in [0.4, 0.5) is 0 Å². The van der Waals surface area contributed by atoms with Crippen LogP contribution in [0, 0.1) is 6.92 Å². The molecule has 1 aromatic carbocycles. The van der Waals surface area contributed by atoms with Crippen molar-refractivity contribution in [2.45, 2.75) is 18.8 Å². The van der Waals surface area contributed by atoms with Gasteiger partial charge in [-0.3, -0.25) is 4.98 Å². The fourth-order valence-corrected chi connectivity index (χ4v) is 4.20. The van der Waals surface area contributed by atoms with Gasteiger partial charge in [-0.2, -0.15) is 4.31 Å². The maximum absolute atomic E-state index is 12.4. The third-order valence-electron chi connectivity index (χ3n) is 3.62. The average Bonchev–Trinajstić information content (AvgIpc) is 2.41. The van der Waals surface area contributed by atoms with Crippen LogP contribution >= 0.6 is 11.6 Å². The van der Waals surface area contributed by atoms with Crippen LogP contribution in [-0.2, 0) is 15.8 Å². The van der Waals surface area contributed by atoms with Gasteiger partial charge in [-0.05, 0) is 30.7 Å². The molecule has 1 fully saturated rings. The fourth-order valence-electron chi connectivity index (χ4n) is 2.42. The molecule has 0 saturated carbocycles. The zero-order valence-corrected chi connectivity index (χ0v) is 14.2. The molecule has 0 amide bonds. The van der Waals surface area contributed by atoms with Gasteiger partial charge in [0.1, 0.15) is 11.9 Å². The van der Waals surface area contributed by atoms with Crippen LogP contribution in [0.25, 0.3) is 0 Å². The summed E-state index contributed by atoms with van der Waals surface area (Å²) in [4.78, 5) is 4.10. The summed E-state index contributed by atoms with van der Waals surface area (Å²) < 4.78 is 31.9. The molecule has 1 aliphatic heterocycles. The number of hydrogen-bond donors (Lipinski definition) is 0. The van der Waals surface area contributed by atoms with Gasteiger partial charge < -0.3 is 4.74 Å². The number of sulfonamides is 1. The second-order valence-electron chi connectivity index (χ2n) is 5.58. The predicted molar refractivity (Wildman–Crippen MR) is 89.0 cm³/mol. The summed E-state index contributed by atoms with van der Waals surface area (Å²) in [7, 11) is -3.34. The molecule has 3 rings (SSSR count). The van der Waals surface area contributed by atoms with Crippen LogP contribution in [0.3, 0.4) is 0 Å². The maximum Gasteiger partial charge on any atom is 0.218 e. The van der Waals surface area contributed by atoms with Gasteiger partial charge in [-0.1, -0.05) is 23.7 Å². The molecule has 2 heterocycles. The van der Waals surface area contributed by atoms with Gasteiger partial charge in [-0.15, -0.1) is 0 Å². The third-order valence-corrected chi connectivity index (χ3v) is 5.64. The molecule has 0 spiro atoms. The molecule has 1 aromatic heterocycles. The summed E-state index contributed by atoms with van der Waals surface area (Å²) in [5.41, 5.74) is 1.55. The summed E-state index contributed by atoms with van der Waals surface area (Å²) in [5.74, 6) is 0.670. The standard InChI is InChI=1S/C16H17ClN2O3S/c1-12-7-15(5-6-18-12)22-16-9-19(10-16)23(20,21)11-13-3-2-4-14(17)8-13/h2-8,16H,9-11H2,1H3. The molecule has 1 saturated heterocycles. The fraction of sp³-hybridized carbons (Fsp3) is 0.312. The van der Waals surface area contributed by atoms with Crippen LogP contribution in [0.5, 0.6) is 5.75 Å². The molecule has 0 unspecified atom stereocenters. The Morgan fingerprint density at radius 1 is 1.30 bits per heavy atom. The summed E-state index contributed by atoms with van der Waals surface area (Å²) in [6.07, 6.45) is 1.56. The van der Waals surface area contributed by atoms with Gasteiger partial charge in [-0.25, -0.2) is 8.42 Å². The molecule has 2 aromatic rings. The molecule has 0 atom stereocenters. The number of aromatic nitrogens is 1. The number of pyridine rings is 1. The lowest BCUT2D eigenvalue weighted by Gasteiger charge is -2.37. The summed E-state index contributed by atoms with van der Waals surface area (Å²) in [6.45, 7) is 2.62. The highest BCUT2D eigenvalue weighted by Gasteiger charge is 2.37. The highest BCUT2D eigenvalue weighted by Crippen LogP contribution is 2.23. The number of hydrogen-bond acceptors (Lipinski definition) is 4. The Kier molecular flexibility index (Phi) is 4.57. The first kappa shape index (κ1) is 16.2. The number of nitrogens with zero attached hydrogens (tertiary/aromatic N) is 2. The molecule has 23 heavy (non-hydrogen) atoms. The zero-order valence-electron chi connectivity index (χ0n) is 12.6. The van der Waals surface area contributed by atoms with Crippen molar-refractivity contribution in [3.05, 3.63) is 58.9 Å². The lowest BCUT2D eigenvalue weighted by Crippen LogP contribution is -2.56. The number of halogens is 1. The summed E-state index contributed by atoms with van der Waals surface area (Å²) in [5, 5.41) is 0.538. The van der Waals surface area contributed by atoms with E-state index in [0.717, 1.165) is 11.4 Å². The van der Waals surface area contributed by atoms with Gasteiger partial charge in [0.25, 0.3) is 0 Å². The van der Waals surface area contributed by atoms with Crippen molar-refractivity contribution in [1.29, 1.82) is 0 Å². The minimum Gasteiger partial charge on any atom is -0.488 e. The van der Waals surface area contributed by atoms with E-state index in [-0.39, 0.29) is 11.9 Å². The predicted octanol–water partition coefficient (Wildman–Crippen LogP) is 2.64. The van der Waals surface area contributed by atoms with Crippen LogP contribution in [0.15, 0.2) is 42.6 Å². The average molecular weight is 353 g/mol. The smallest absolute Gasteiger partial charge is 0.218 e. The number of rotatable bonds is 5. The van der Waals surface area contributed by atoms with Crippen molar-refractivity contribution in [1.82, 2.24) is 9.29 Å². The zero-order chi connectivity index (χ0) is 16.4. The largest absolute Gasteiger partial charge is 0.488 e. The molecule has 0 radical (unpaired) electrons. The van der Waals surface area contributed by atoms with Gasteiger partial charge >= 0.3 is 0 Å². The van der Waals surface area contributed by atoms with Crippen LogP contribution in [0.1, 0.15) is 11.3 Å². The van der Waals surface area contributed by atoms with Crippen LogP contribution in [-0.4, -0.2) is 36.9 Å². The van der Waals surface area contributed by atoms with Crippen molar-refractivity contribution < 1.29 is 13.2 Å². The number of ether oxygens (including phenoxy) is 1. The highest BCUT2D eigenvalue weighted by molar-refractivity contribution is 7.88. The van der Waals surface area contributed by atoms with Crippen molar-refractivity contribution in [2.24, 2.45) is 0 Å². The molecule has 0 N–H and O–H groups in total. The maximum atomic E-state index is 12.4. The monoisotopic (exact) mass is 352 g/mol. The Balaban J connectivity index is 1.57. The molecule has 0 aliphatic carbocycles. The van der Waals surface area contributed by atoms with E-state index < -0.39 is 10.0 Å². The Morgan fingerprint density at radius 3 is 2.78 bits per heavy atom. The van der Waals surface area contributed by atoms with E-state index in [4.69, 9.17) is 16.3 Å². The summed E-state index contributed by atoms with van der Waals surface area (Å²) in [6, 6.07) is 10.5. The van der Waals surface area contributed by atoms with E-state index >= 15 is 0 Å². The van der Waals surface area contributed by atoms with Crippen molar-refractivity contribution >= 4 is 21.6 Å². The Morgan fingerprint density at radius 2 is 2.09 bits per heavy atom. The lowest BCUT2D eigenvalue weighted by atomic mass is 10.2. The minimum absolute atomic E-state index is 0.0470. The first-order valence-electron chi connectivity index (χ1n) is 7.24. The molecule has 5 nitrogen and oxygen atoms in total. The molecule has 1 aliphatic rings. The number of aryl methyl sites for hydroxylation is 1. The topological polar surface area (TPSA) is 59.5 Å². The highest BCUT2D eigenvalue weighted by atomic mass is 35.5. The van der Waals surface area contributed by atoms with Gasteiger partial charge in [0.05, 0.1) is 18.8 Å². The molecular formula is C16H17ClN2O3S. The van der Waals surface area contributed by atoms with Crippen molar-refractivity contribution in [3.8, 4) is 5.75 Å². The first-order chi connectivity index (χ1) is 10.9. The van der Waals surface area contributed by atoms with Crippen molar-refractivity contribution in [3.63, 3.8) is 0 Å². The van der Waals surface area contributed by atoms with E-state index in [0.29, 0.717) is 23.7 Å². The normalized spacial score (nSPS) is 16.1. The summed E-state index contributed by atoms with van der Waals surface area (Å²) >= 11 is 5.89. The van der Waals surface area contributed by atoms with Crippen molar-refractivity contribution in [2.75, 3.05) is 13.1 Å². The SMILES string of the molecule is Cc1cc(OC2CN(S(=O)(=O)Cc3cccc(Cl)c3)C2)ccn1. The molecule has 0 bridgehead atoms. The third kappa shape index (κ3) is 4.02. The second kappa shape index (κ2) is 6.47. The van der Waals surface area contributed by atoms with E-state index in [1.165, 1.54) is 4.31 Å². The number of benzene rings is 1. The second-order valence-corrected chi connectivity index (χ2v) is 7.98. The molecular weight excluding hydrogens is 336 g/mol. The first-order valence-corrected chi connectivity index (χ1v) is 9.23. The van der Waals surface area contributed by atoms with E-state index in [1.54, 1.807) is 36.5 Å². The Hall–Kier alpha value is -1.63. The van der Waals surface area contributed by atoms with Crippen LogP contribution < -0.4 is 4.74 Å². The van der Waals surface area contributed by atoms with E-state index in [2.05, 4.69) is 4.98 Å². The van der Waals surface area contributed by atoms with Gasteiger partial charge in [0, 0.05) is 23.0 Å². The lowest BCUT2D eigenvalue weighted by molar-refractivity contribution is 0.0759. The molecule has 122 valence electrons. The van der Waals surface area contributed by atoms with Gasteiger partial charge in [0.2, 0.25) is 10.0 Å². The quantitative estimate of drug-likeness (QED) is 0.830. The molecule has 7 heteroatoms. The minimum atomic E-state index is -3.34.